The molecule has 4 nitrogen and oxygen atoms in total. The predicted molar refractivity (Wildman–Crippen MR) is 47.2 cm³/mol. The molecular formula is C9H7N3O. The van der Waals surface area contributed by atoms with Gasteiger partial charge in [0.25, 0.3) is 0 Å². The normalized spacial score (nSPS) is 9.85. The van der Waals surface area contributed by atoms with E-state index in [9.17, 15) is 4.79 Å². The molecule has 0 radical (unpaired) electrons. The van der Waals surface area contributed by atoms with E-state index in [4.69, 9.17) is 0 Å². The molecule has 2 heterocycles. The van der Waals surface area contributed by atoms with Crippen molar-refractivity contribution in [2.45, 2.75) is 0 Å². The summed E-state index contributed by atoms with van der Waals surface area (Å²) >= 11 is 0. The zero-order valence-electron chi connectivity index (χ0n) is 6.77. The van der Waals surface area contributed by atoms with Crippen LogP contribution < -0.4 is 0 Å². The minimum absolute atomic E-state index is 0.550. The van der Waals surface area contributed by atoms with Crippen molar-refractivity contribution in [3.8, 4) is 11.4 Å². The van der Waals surface area contributed by atoms with Gasteiger partial charge in [0.05, 0.1) is 17.1 Å². The molecule has 13 heavy (non-hydrogen) atoms. The first kappa shape index (κ1) is 7.67. The Balaban J connectivity index is 2.41. The molecule has 1 N–H and O–H groups in total. The van der Waals surface area contributed by atoms with E-state index in [0.717, 1.165) is 17.7 Å². The molecule has 0 amide bonds. The summed E-state index contributed by atoms with van der Waals surface area (Å²) in [4.78, 5) is 21.1. The monoisotopic (exact) mass is 173 g/mol. The summed E-state index contributed by atoms with van der Waals surface area (Å²) in [6.45, 7) is 0. The van der Waals surface area contributed by atoms with E-state index in [0.29, 0.717) is 5.69 Å². The van der Waals surface area contributed by atoms with Crippen LogP contribution in [-0.4, -0.2) is 21.2 Å². The van der Waals surface area contributed by atoms with Crippen LogP contribution >= 0.6 is 0 Å². The van der Waals surface area contributed by atoms with Crippen LogP contribution in [0.5, 0.6) is 0 Å². The Morgan fingerprint density at radius 2 is 2.23 bits per heavy atom. The second kappa shape index (κ2) is 3.18. The molecule has 0 saturated carbocycles. The van der Waals surface area contributed by atoms with Gasteiger partial charge in [-0.25, -0.2) is 9.97 Å². The van der Waals surface area contributed by atoms with Gasteiger partial charge >= 0.3 is 0 Å². The highest BCUT2D eigenvalue weighted by Crippen LogP contribution is 2.13. The Hall–Kier alpha value is -1.97. The Kier molecular flexibility index (Phi) is 1.88. The highest BCUT2D eigenvalue weighted by atomic mass is 16.1. The van der Waals surface area contributed by atoms with Crippen molar-refractivity contribution in [2.24, 2.45) is 0 Å². The number of aromatic nitrogens is 3. The number of aldehydes is 1. The first-order valence-corrected chi connectivity index (χ1v) is 3.81. The third-order valence-electron chi connectivity index (χ3n) is 1.69. The SMILES string of the molecule is O=Cc1ccc(-c2ccncn2)[nH]1. The Labute approximate surface area is 74.7 Å². The maximum absolute atomic E-state index is 10.4. The topological polar surface area (TPSA) is 58.6 Å². The van der Waals surface area contributed by atoms with Crippen molar-refractivity contribution in [1.29, 1.82) is 0 Å². The summed E-state index contributed by atoms with van der Waals surface area (Å²) in [7, 11) is 0. The molecule has 0 atom stereocenters. The number of carbonyl (C=O) groups is 1. The van der Waals surface area contributed by atoms with E-state index in [1.54, 1.807) is 18.3 Å². The summed E-state index contributed by atoms with van der Waals surface area (Å²) in [6, 6.07) is 5.30. The zero-order valence-corrected chi connectivity index (χ0v) is 6.77. The minimum Gasteiger partial charge on any atom is -0.351 e. The number of aromatic amines is 1. The fourth-order valence-corrected chi connectivity index (χ4v) is 1.08. The lowest BCUT2D eigenvalue weighted by atomic mass is 10.3. The number of H-pyrrole nitrogens is 1. The van der Waals surface area contributed by atoms with E-state index in [2.05, 4.69) is 15.0 Å². The van der Waals surface area contributed by atoms with Crippen LogP contribution in [0, 0.1) is 0 Å². The smallest absolute Gasteiger partial charge is 0.166 e. The molecule has 0 aliphatic rings. The fourth-order valence-electron chi connectivity index (χ4n) is 1.08. The summed E-state index contributed by atoms with van der Waals surface area (Å²) in [6.07, 6.45) is 3.89. The highest BCUT2D eigenvalue weighted by Gasteiger charge is 2.00. The molecule has 0 aliphatic heterocycles. The Morgan fingerprint density at radius 1 is 1.31 bits per heavy atom. The minimum atomic E-state index is 0.550. The standard InChI is InChI=1S/C9H7N3O/c13-5-7-1-2-9(12-7)8-3-4-10-6-11-8/h1-6,12H. The molecule has 0 bridgehead atoms. The summed E-state index contributed by atoms with van der Waals surface area (Å²) in [5.41, 5.74) is 2.15. The van der Waals surface area contributed by atoms with Gasteiger partial charge in [0.2, 0.25) is 0 Å². The summed E-state index contributed by atoms with van der Waals surface area (Å²) < 4.78 is 0. The van der Waals surface area contributed by atoms with Crippen LogP contribution in [-0.2, 0) is 0 Å². The third-order valence-corrected chi connectivity index (χ3v) is 1.69. The van der Waals surface area contributed by atoms with Gasteiger partial charge in [0.15, 0.2) is 6.29 Å². The van der Waals surface area contributed by atoms with Crippen LogP contribution in [0.3, 0.4) is 0 Å². The summed E-state index contributed by atoms with van der Waals surface area (Å²) in [5, 5.41) is 0. The second-order valence-electron chi connectivity index (χ2n) is 2.54. The molecule has 2 aromatic heterocycles. The van der Waals surface area contributed by atoms with Crippen molar-refractivity contribution < 1.29 is 4.79 Å². The quantitative estimate of drug-likeness (QED) is 0.696. The zero-order chi connectivity index (χ0) is 9.10. The van der Waals surface area contributed by atoms with Crippen molar-refractivity contribution in [1.82, 2.24) is 15.0 Å². The highest BCUT2D eigenvalue weighted by molar-refractivity contribution is 5.74. The number of rotatable bonds is 2. The molecule has 0 spiro atoms. The maximum Gasteiger partial charge on any atom is 0.166 e. The third kappa shape index (κ3) is 1.46. The number of hydrogen-bond acceptors (Lipinski definition) is 3. The van der Waals surface area contributed by atoms with E-state index in [-0.39, 0.29) is 0 Å². The van der Waals surface area contributed by atoms with Crippen LogP contribution in [0.4, 0.5) is 0 Å². The van der Waals surface area contributed by atoms with Crippen LogP contribution in [0.25, 0.3) is 11.4 Å². The lowest BCUT2D eigenvalue weighted by Crippen LogP contribution is -1.84. The number of hydrogen-bond donors (Lipinski definition) is 1. The molecule has 0 unspecified atom stereocenters. The van der Waals surface area contributed by atoms with Gasteiger partial charge in [-0.15, -0.1) is 0 Å². The average Bonchev–Trinajstić information content (AvgIpc) is 2.67. The van der Waals surface area contributed by atoms with Gasteiger partial charge in [-0.1, -0.05) is 0 Å². The van der Waals surface area contributed by atoms with Gasteiger partial charge in [0.1, 0.15) is 6.33 Å². The Bertz CT molecular complexity index is 408. The molecule has 4 heteroatoms. The number of nitrogens with zero attached hydrogens (tertiary/aromatic N) is 2. The lowest BCUT2D eigenvalue weighted by Gasteiger charge is -1.93. The van der Waals surface area contributed by atoms with Crippen LogP contribution in [0.1, 0.15) is 10.5 Å². The summed E-state index contributed by atoms with van der Waals surface area (Å²) in [5.74, 6) is 0. The molecule has 2 rings (SSSR count). The van der Waals surface area contributed by atoms with Gasteiger partial charge in [0, 0.05) is 6.20 Å². The van der Waals surface area contributed by atoms with Crippen molar-refractivity contribution in [3.63, 3.8) is 0 Å². The fraction of sp³-hybridized carbons (Fsp3) is 0. The van der Waals surface area contributed by atoms with Gasteiger partial charge in [-0.05, 0) is 18.2 Å². The molecule has 64 valence electrons. The van der Waals surface area contributed by atoms with Gasteiger partial charge in [-0.2, -0.15) is 0 Å². The first-order valence-electron chi connectivity index (χ1n) is 3.81. The molecular weight excluding hydrogens is 166 g/mol. The molecule has 0 fully saturated rings. The maximum atomic E-state index is 10.4. The van der Waals surface area contributed by atoms with Crippen LogP contribution in [0.15, 0.2) is 30.7 Å². The van der Waals surface area contributed by atoms with Gasteiger partial charge in [-0.3, -0.25) is 4.79 Å². The first-order chi connectivity index (χ1) is 6.40. The number of nitrogens with one attached hydrogen (secondary N) is 1. The van der Waals surface area contributed by atoms with E-state index >= 15 is 0 Å². The predicted octanol–water partition coefficient (Wildman–Crippen LogP) is 1.28. The average molecular weight is 173 g/mol. The van der Waals surface area contributed by atoms with Crippen molar-refractivity contribution in [2.75, 3.05) is 0 Å². The Morgan fingerprint density at radius 3 is 2.85 bits per heavy atom. The van der Waals surface area contributed by atoms with E-state index < -0.39 is 0 Å². The number of carbonyl (C=O) groups excluding carboxylic acids is 1. The van der Waals surface area contributed by atoms with E-state index in [1.807, 2.05) is 6.07 Å². The van der Waals surface area contributed by atoms with Crippen LogP contribution in [0.2, 0.25) is 0 Å². The van der Waals surface area contributed by atoms with E-state index in [1.165, 1.54) is 6.33 Å². The molecule has 2 aromatic rings. The van der Waals surface area contributed by atoms with Crippen molar-refractivity contribution >= 4 is 6.29 Å². The lowest BCUT2D eigenvalue weighted by molar-refractivity contribution is 0.111. The molecule has 0 aliphatic carbocycles. The molecule has 0 aromatic carbocycles. The molecule has 0 saturated heterocycles. The largest absolute Gasteiger partial charge is 0.351 e. The van der Waals surface area contributed by atoms with Crippen molar-refractivity contribution in [3.05, 3.63) is 36.4 Å². The second-order valence-corrected chi connectivity index (χ2v) is 2.54. The van der Waals surface area contributed by atoms with Gasteiger partial charge < -0.3 is 4.98 Å².